The zero-order chi connectivity index (χ0) is 9.83. The summed E-state index contributed by atoms with van der Waals surface area (Å²) in [5.74, 6) is 1.46. The van der Waals surface area contributed by atoms with Crippen LogP contribution in [-0.4, -0.2) is 18.3 Å². The normalized spacial score (nSPS) is 21.1. The highest BCUT2D eigenvalue weighted by atomic mass is 16.8. The third kappa shape index (κ3) is 0.856. The fourth-order valence-corrected chi connectivity index (χ4v) is 1.78. The van der Waals surface area contributed by atoms with Gasteiger partial charge in [0.25, 0.3) is 0 Å². The fourth-order valence-electron chi connectivity index (χ4n) is 1.78. The summed E-state index contributed by atoms with van der Waals surface area (Å²) in [6.45, 7) is 0. The van der Waals surface area contributed by atoms with Crippen LogP contribution in [0.2, 0.25) is 0 Å². The summed E-state index contributed by atoms with van der Waals surface area (Å²) >= 11 is 0. The molecule has 4 aliphatic heterocycles. The van der Waals surface area contributed by atoms with Crippen molar-refractivity contribution in [3.63, 3.8) is 0 Å². The molecule has 5 heterocycles. The molecule has 5 nitrogen and oxygen atoms in total. The maximum atomic E-state index is 5.38. The first kappa shape index (κ1) is 7.22. The molecule has 5 rings (SSSR count). The summed E-state index contributed by atoms with van der Waals surface area (Å²) in [6, 6.07) is 0. The van der Waals surface area contributed by atoms with Crippen LogP contribution >= 0.6 is 0 Å². The van der Waals surface area contributed by atoms with E-state index in [4.69, 9.17) is 14.1 Å². The van der Waals surface area contributed by atoms with Crippen molar-refractivity contribution < 1.29 is 14.1 Å². The average Bonchev–Trinajstić information content (AvgIpc) is 2.87. The Morgan fingerprint density at radius 1 is 1.40 bits per heavy atom. The van der Waals surface area contributed by atoms with Crippen LogP contribution in [0, 0.1) is 0 Å². The number of hydrogen-bond acceptors (Lipinski definition) is 4. The molecule has 1 aromatic heterocycles. The van der Waals surface area contributed by atoms with Gasteiger partial charge in [-0.1, -0.05) is 0 Å². The molecule has 0 saturated carbocycles. The molecule has 0 atom stereocenters. The summed E-state index contributed by atoms with van der Waals surface area (Å²) in [6.07, 6.45) is 9.19. The molecule has 0 fully saturated rings. The molecular formula is C9H5BN2O3. The second kappa shape index (κ2) is 2.28. The molecule has 0 aromatic carbocycles. The van der Waals surface area contributed by atoms with E-state index in [2.05, 4.69) is 4.99 Å². The highest BCUT2D eigenvalue weighted by Gasteiger charge is 2.47. The van der Waals surface area contributed by atoms with Gasteiger partial charge in [-0.3, -0.25) is 4.99 Å². The maximum absolute atomic E-state index is 5.38. The minimum absolute atomic E-state index is 0.607. The average molecular weight is 200 g/mol. The second-order valence-electron chi connectivity index (χ2n) is 3.37. The largest absolute Gasteiger partial charge is 0.885 e. The van der Waals surface area contributed by atoms with E-state index in [9.17, 15) is 0 Å². The number of aliphatic imine (C=N–C) groups is 1. The molecule has 72 valence electrons. The van der Waals surface area contributed by atoms with Gasteiger partial charge < -0.3 is 14.1 Å². The van der Waals surface area contributed by atoms with Gasteiger partial charge >= 0.3 is 7.32 Å². The van der Waals surface area contributed by atoms with E-state index in [1.54, 1.807) is 17.1 Å². The monoisotopic (exact) mass is 200 g/mol. The summed E-state index contributed by atoms with van der Waals surface area (Å²) in [5, 5.41) is 0. The molecule has 4 aliphatic rings. The van der Waals surface area contributed by atoms with Crippen molar-refractivity contribution in [3.8, 4) is 11.5 Å². The van der Waals surface area contributed by atoms with Crippen molar-refractivity contribution in [2.45, 2.75) is 0 Å². The lowest BCUT2D eigenvalue weighted by molar-refractivity contribution is 0.167. The van der Waals surface area contributed by atoms with Gasteiger partial charge in [-0.25, -0.2) is 0 Å². The molecule has 0 aliphatic carbocycles. The van der Waals surface area contributed by atoms with Gasteiger partial charge in [0.1, 0.15) is 5.69 Å². The number of hydrogen-bond donors (Lipinski definition) is 0. The number of nitrogens with zero attached hydrogens (tertiary/aromatic N) is 2. The molecule has 4 bridgehead atoms. The van der Waals surface area contributed by atoms with Gasteiger partial charge in [0.15, 0.2) is 11.5 Å². The van der Waals surface area contributed by atoms with E-state index in [-0.39, 0.29) is 0 Å². The minimum Gasteiger partial charge on any atom is -0.484 e. The SMILES string of the molecule is C1=C/C(=C\c2c3c4cn2OB(O4)O3)N=C1. The topological polar surface area (TPSA) is 45.0 Å². The molecule has 1 aromatic rings. The van der Waals surface area contributed by atoms with Crippen LogP contribution in [0.4, 0.5) is 0 Å². The molecule has 0 unspecified atom stereocenters. The highest BCUT2D eigenvalue weighted by molar-refractivity contribution is 6.41. The van der Waals surface area contributed by atoms with Gasteiger partial charge in [-0.05, 0) is 18.2 Å². The van der Waals surface area contributed by atoms with Gasteiger partial charge in [-0.15, -0.1) is 0 Å². The Balaban J connectivity index is 1.88. The maximum Gasteiger partial charge on any atom is 0.885 e. The van der Waals surface area contributed by atoms with Crippen molar-refractivity contribution in [2.24, 2.45) is 4.99 Å². The number of rotatable bonds is 1. The van der Waals surface area contributed by atoms with Crippen LogP contribution in [0.15, 0.2) is 29.0 Å². The van der Waals surface area contributed by atoms with Crippen molar-refractivity contribution in [1.82, 2.24) is 4.73 Å². The summed E-state index contributed by atoms with van der Waals surface area (Å²) in [4.78, 5) is 4.15. The van der Waals surface area contributed by atoms with Crippen LogP contribution in [0.5, 0.6) is 11.5 Å². The van der Waals surface area contributed by atoms with E-state index < -0.39 is 7.32 Å². The first-order valence-electron chi connectivity index (χ1n) is 4.58. The van der Waals surface area contributed by atoms with Crippen molar-refractivity contribution >= 4 is 19.6 Å². The van der Waals surface area contributed by atoms with Gasteiger partial charge in [0.05, 0.1) is 11.9 Å². The lowest BCUT2D eigenvalue weighted by atomic mass is 10.2. The predicted octanol–water partition coefficient (Wildman–Crippen LogP) is 0.668. The predicted molar refractivity (Wildman–Crippen MR) is 53.6 cm³/mol. The summed E-state index contributed by atoms with van der Waals surface area (Å²) in [5.41, 5.74) is 1.70. The van der Waals surface area contributed by atoms with E-state index in [0.717, 1.165) is 22.9 Å². The zero-order valence-electron chi connectivity index (χ0n) is 7.58. The van der Waals surface area contributed by atoms with E-state index >= 15 is 0 Å². The van der Waals surface area contributed by atoms with E-state index in [1.165, 1.54) is 0 Å². The minimum atomic E-state index is -0.607. The Bertz CT molecular complexity index is 528. The molecule has 0 saturated heterocycles. The van der Waals surface area contributed by atoms with E-state index in [1.807, 2.05) is 18.2 Å². The molecule has 0 radical (unpaired) electrons. The third-order valence-corrected chi connectivity index (χ3v) is 2.43. The molecule has 15 heavy (non-hydrogen) atoms. The van der Waals surface area contributed by atoms with Crippen LogP contribution in [0.1, 0.15) is 5.69 Å². The summed E-state index contributed by atoms with van der Waals surface area (Å²) in [7, 11) is -0.607. The number of aromatic nitrogens is 1. The van der Waals surface area contributed by atoms with Gasteiger partial charge in [0, 0.05) is 6.21 Å². The van der Waals surface area contributed by atoms with Crippen LogP contribution < -0.4 is 14.1 Å². The lowest BCUT2D eigenvalue weighted by Crippen LogP contribution is -2.42. The van der Waals surface area contributed by atoms with Crippen molar-refractivity contribution in [2.75, 3.05) is 0 Å². The van der Waals surface area contributed by atoms with Crippen LogP contribution in [0.3, 0.4) is 0 Å². The lowest BCUT2D eigenvalue weighted by Gasteiger charge is -2.16. The van der Waals surface area contributed by atoms with Crippen molar-refractivity contribution in [3.05, 3.63) is 29.7 Å². The molecule has 0 amide bonds. The Kier molecular flexibility index (Phi) is 1.10. The highest BCUT2D eigenvalue weighted by Crippen LogP contribution is 2.42. The fraction of sp³-hybridized carbons (Fsp3) is 0. The standard InChI is InChI=1S/C9H5BN2O3/c1-2-6(11-3-1)4-7-9-8-5-12(7)15-10(13-8)14-9/h1-5H/b6-4+. The molecule has 0 spiro atoms. The number of allylic oxidation sites excluding steroid dienone is 2. The zero-order valence-corrected chi connectivity index (χ0v) is 7.58. The van der Waals surface area contributed by atoms with Crippen molar-refractivity contribution in [1.29, 1.82) is 0 Å². The van der Waals surface area contributed by atoms with Gasteiger partial charge in [0.2, 0.25) is 0 Å². The Morgan fingerprint density at radius 2 is 2.40 bits per heavy atom. The smallest absolute Gasteiger partial charge is 0.484 e. The van der Waals surface area contributed by atoms with Gasteiger partial charge in [-0.2, -0.15) is 4.73 Å². The van der Waals surface area contributed by atoms with Crippen LogP contribution in [0.25, 0.3) is 6.08 Å². The molecule has 0 N–H and O–H groups in total. The Morgan fingerprint density at radius 3 is 3.20 bits per heavy atom. The Hall–Kier alpha value is -2.11. The van der Waals surface area contributed by atoms with Crippen LogP contribution in [-0.2, 0) is 0 Å². The first-order chi connectivity index (χ1) is 7.40. The molecular weight excluding hydrogens is 195 g/mol. The second-order valence-corrected chi connectivity index (χ2v) is 3.37. The molecule has 6 heteroatoms. The quantitative estimate of drug-likeness (QED) is 0.625. The third-order valence-electron chi connectivity index (χ3n) is 2.43. The summed E-state index contributed by atoms with van der Waals surface area (Å²) < 4.78 is 17.6. The van der Waals surface area contributed by atoms with E-state index in [0.29, 0.717) is 0 Å². The Labute approximate surface area is 85.4 Å². The first-order valence-corrected chi connectivity index (χ1v) is 4.58.